The molecule has 0 bridgehead atoms. The summed E-state index contributed by atoms with van der Waals surface area (Å²) >= 11 is 0. The molecule has 18 N–H and O–H groups in total. The zero-order valence-electron chi connectivity index (χ0n) is 62.7. The van der Waals surface area contributed by atoms with E-state index in [0.29, 0.717) is 6.07 Å². The number of carbonyl (C=O) groups is 4. The molecule has 5 aromatic rings. The van der Waals surface area contributed by atoms with Crippen LogP contribution in [0.2, 0.25) is 0 Å². The fraction of sp³-hybridized carbons (Fsp3) is 0.457. The molecule has 0 aliphatic heterocycles. The van der Waals surface area contributed by atoms with E-state index in [4.69, 9.17) is 10.1 Å². The number of aliphatic hydroxyl groups excluding tert-OH is 10. The summed E-state index contributed by atoms with van der Waals surface area (Å²) in [5.74, 6) is -21.0. The predicted octanol–water partition coefficient (Wildman–Crippen LogP) is 4.98. The lowest BCUT2D eigenvalue weighted by molar-refractivity contribution is -0.268. The maximum absolute atomic E-state index is 13.8. The van der Waals surface area contributed by atoms with Gasteiger partial charge in [-0.15, -0.1) is 5.75 Å². The minimum absolute atomic E-state index is 0.0614. The Morgan fingerprint density at radius 1 is 0.448 bits per heavy atom. The van der Waals surface area contributed by atoms with Gasteiger partial charge in [0.15, 0.2) is 6.61 Å². The molecule has 43 nitrogen and oxygen atoms in total. The van der Waals surface area contributed by atoms with Crippen molar-refractivity contribution in [2.45, 2.75) is 188 Å². The Hall–Kier alpha value is -12.0. The van der Waals surface area contributed by atoms with Crippen LogP contribution in [-0.4, -0.2) is 279 Å². The molecule has 0 spiro atoms. The van der Waals surface area contributed by atoms with Crippen molar-refractivity contribution in [3.8, 4) is 11.5 Å². The summed E-state index contributed by atoms with van der Waals surface area (Å²) in [7, 11) is -15.9. The summed E-state index contributed by atoms with van der Waals surface area (Å²) in [6.45, 7) is 5.42. The molecule has 5 aromatic carbocycles. The number of aliphatic hydroxyl groups is 10. The lowest BCUT2D eigenvalue weighted by atomic mass is 9.93. The second-order valence-electron chi connectivity index (χ2n) is 26.3. The van der Waals surface area contributed by atoms with Gasteiger partial charge in [-0.2, -0.15) is 25.3 Å². The number of ether oxygens (including phenoxy) is 1. The van der Waals surface area contributed by atoms with Crippen LogP contribution >= 0.6 is 0 Å². The smallest absolute Gasteiger partial charge is 0.303 e. The molecule has 0 aliphatic carbocycles. The third-order valence-corrected chi connectivity index (χ3v) is 20.3. The molecular weight excluding hydrogens is 1600 g/mol. The third-order valence-electron chi connectivity index (χ3n) is 17.6. The van der Waals surface area contributed by atoms with Crippen LogP contribution in [0.15, 0.2) is 130 Å². The molecule has 0 amide bonds. The highest BCUT2D eigenvalue weighted by atomic mass is 32.2. The number of nitrogens with zero attached hydrogens (tertiary/aromatic N) is 11. The van der Waals surface area contributed by atoms with Crippen molar-refractivity contribution >= 4 is 157 Å². The number of rotatable bonds is 47. The highest BCUT2D eigenvalue weighted by Gasteiger charge is 2.34. The van der Waals surface area contributed by atoms with E-state index in [2.05, 4.69) is 54.9 Å². The summed E-state index contributed by atoms with van der Waals surface area (Å²) in [5.41, 5.74) is 0.227. The minimum atomic E-state index is -5.32. The van der Waals surface area contributed by atoms with Crippen LogP contribution in [0.25, 0.3) is 32.3 Å². The van der Waals surface area contributed by atoms with Crippen LogP contribution in [0, 0.1) is 17.2 Å². The van der Waals surface area contributed by atoms with Crippen molar-refractivity contribution in [3.05, 3.63) is 66.2 Å². The first kappa shape index (κ1) is 94.6. The molecule has 634 valence electrons. The monoisotopic (exact) mass is 1690 g/mol. The minimum Gasteiger partial charge on any atom is -0.872 e. The number of carboxylic acids is 4. The van der Waals surface area contributed by atoms with Crippen LogP contribution in [0.3, 0.4) is 0 Å². The van der Waals surface area contributed by atoms with Crippen LogP contribution in [-0.2, 0) is 56.0 Å². The zero-order chi connectivity index (χ0) is 87.2. The SMILES string of the molecule is CC[C@H](C)[C@H](N=C(O)[C@H](CCN=C(O)COc1cc(S(=O)(=O)O)c2ccc3c(S(=O)(=O)O)cc(S(=O)(=O)O)c4ccc1c2c43)N=C(O)[C@H](CCC(=O)O)N=C(O)[C@H](CCC(=O)O)N=C(C)[O-])C(O)=N[C@@H](Cc1ccc([O-])cc1)C(O)=NCC([O-])=N[C@@H](CCC(=O)O)C(O)=N[C@H](C(O)=N[C@@H](CCC(=O)O)C(O)=N[C@@H](C)C(=N)O)[C@@H](C)CC. The molecule has 0 radical (unpaired) electrons. The largest absolute Gasteiger partial charge is 0.872 e. The highest BCUT2D eigenvalue weighted by molar-refractivity contribution is 7.87. The average Bonchev–Trinajstić information content (AvgIpc) is 0.706. The highest BCUT2D eigenvalue weighted by Crippen LogP contribution is 2.45. The lowest BCUT2D eigenvalue weighted by Crippen LogP contribution is -2.35. The maximum Gasteiger partial charge on any atom is 0.303 e. The molecule has 0 fully saturated rings. The van der Waals surface area contributed by atoms with Gasteiger partial charge in [0.2, 0.25) is 59.0 Å². The van der Waals surface area contributed by atoms with Crippen molar-refractivity contribution in [1.29, 1.82) is 5.41 Å². The van der Waals surface area contributed by atoms with E-state index in [1.54, 1.807) is 13.8 Å². The van der Waals surface area contributed by atoms with Crippen molar-refractivity contribution in [2.75, 3.05) is 19.7 Å². The molecule has 0 unspecified atom stereocenters. The van der Waals surface area contributed by atoms with Gasteiger partial charge in [-0.1, -0.05) is 83.0 Å². The standard InChI is InChI=1S/C70H90N12O31S3/c1-7-32(3)60(69(102)79-44(19-23-56(91)92)64(97)74-34(5)62(71)95)81-67(100)43(18-22-55(89)90)76-52(85)30-73-63(96)47(27-36-9-11-37(84)12-10-36)80-70(103)61(33(4)8-2)82-68(101)46(78-66(99)45(20-24-57(93)94)77-65(98)42(75-35(6)83)17-21-54(87)88)25-26-72-53(86)31-113-48-28-49(114(104,105)106)39-15-16-41-51(116(110,111)112)29-50(115(107,108)109)40-14-13-38(48)58(39)59(40)41/h9-16,28-29,32-34,42-47,60-61,84H,7-8,17-27,30-31H2,1-6H3,(H2,71,95)(H,72,86)(H,73,96)(H,74,97)(H,75,83)(H,76,85)(H,77,98)(H,78,99)(H,79,102)(H,80,103)(H,81,100)(H,82,101)(H,87,88)(H,89,90)(H,91,92)(H,93,94)(H,104,105,106)(H,107,108,109)(H,110,111,112)/p-3/t32-,33-,34-,42-,43-,44-,45-,46-,47-,60-,61-/m0/s1. The van der Waals surface area contributed by atoms with Crippen molar-refractivity contribution in [1.82, 2.24) is 0 Å². The zero-order valence-corrected chi connectivity index (χ0v) is 65.1. The van der Waals surface area contributed by atoms with Gasteiger partial charge in [-0.25, -0.2) is 39.9 Å². The number of hydrogen-bond donors (Lipinski definition) is 18. The Morgan fingerprint density at radius 2 is 0.810 bits per heavy atom. The second kappa shape index (κ2) is 41.9. The van der Waals surface area contributed by atoms with Crippen molar-refractivity contribution < 1.29 is 150 Å². The van der Waals surface area contributed by atoms with Crippen LogP contribution in [0.1, 0.15) is 118 Å². The van der Waals surface area contributed by atoms with E-state index in [1.165, 1.54) is 32.9 Å². The topological polar surface area (TPSA) is 753 Å². The molecule has 0 heterocycles. The van der Waals surface area contributed by atoms with Gasteiger partial charge < -0.3 is 91.5 Å². The van der Waals surface area contributed by atoms with E-state index in [1.807, 2.05) is 0 Å². The summed E-state index contributed by atoms with van der Waals surface area (Å²) in [6.07, 6.45) is -6.31. The number of aliphatic carboxylic acids is 4. The summed E-state index contributed by atoms with van der Waals surface area (Å²) in [5, 5.41) is 195. The molecule has 0 aliphatic rings. The van der Waals surface area contributed by atoms with Crippen LogP contribution in [0.5, 0.6) is 11.5 Å². The van der Waals surface area contributed by atoms with Gasteiger partial charge in [0, 0.05) is 77.0 Å². The van der Waals surface area contributed by atoms with E-state index in [0.717, 1.165) is 49.4 Å². The third kappa shape index (κ3) is 27.6. The Kier molecular flexibility index (Phi) is 34.1. The van der Waals surface area contributed by atoms with Crippen molar-refractivity contribution in [2.24, 2.45) is 66.8 Å². The maximum atomic E-state index is 13.8. The molecule has 0 aromatic heterocycles. The molecule has 116 heavy (non-hydrogen) atoms. The van der Waals surface area contributed by atoms with Gasteiger partial charge in [-0.05, 0) is 87.3 Å². The van der Waals surface area contributed by atoms with Gasteiger partial charge in [0.25, 0.3) is 30.4 Å². The first-order valence-corrected chi connectivity index (χ1v) is 39.4. The number of benzene rings is 5. The lowest BCUT2D eigenvalue weighted by Gasteiger charge is -2.22. The van der Waals surface area contributed by atoms with Gasteiger partial charge in [-0.3, -0.25) is 53.2 Å². The first-order valence-electron chi connectivity index (χ1n) is 35.1. The Labute approximate surface area is 661 Å². The summed E-state index contributed by atoms with van der Waals surface area (Å²) < 4.78 is 113. The molecular formula is C70H87N12O31S3-3. The van der Waals surface area contributed by atoms with E-state index in [-0.39, 0.29) is 39.9 Å². The van der Waals surface area contributed by atoms with E-state index >= 15 is 0 Å². The Morgan fingerprint density at radius 3 is 1.22 bits per heavy atom. The average molecular weight is 1690 g/mol. The number of hydrogen-bond acceptors (Lipinski definition) is 26. The summed E-state index contributed by atoms with van der Waals surface area (Å²) in [4.78, 5) is 87.7. The van der Waals surface area contributed by atoms with E-state index in [9.17, 15) is 145 Å². The quantitative estimate of drug-likeness (QED) is 0.0106. The fourth-order valence-corrected chi connectivity index (χ4v) is 13.5. The summed E-state index contributed by atoms with van der Waals surface area (Å²) in [6, 6.07) is -5.24. The molecule has 0 saturated heterocycles. The molecule has 46 heteroatoms. The Balaban J connectivity index is 1.66. The normalized spacial score (nSPS) is 17.0. The fourth-order valence-electron chi connectivity index (χ4n) is 11.3. The number of aliphatic imine (C=N–C) groups is 11. The van der Waals surface area contributed by atoms with Gasteiger partial charge in [0.1, 0.15) is 74.8 Å². The van der Waals surface area contributed by atoms with E-state index < -0.39 is 312 Å². The second-order valence-corrected chi connectivity index (χ2v) is 30.4. The van der Waals surface area contributed by atoms with Crippen LogP contribution < -0.4 is 20.1 Å². The van der Waals surface area contributed by atoms with Gasteiger partial charge in [0.05, 0.1) is 6.54 Å². The van der Waals surface area contributed by atoms with Crippen molar-refractivity contribution in [3.63, 3.8) is 0 Å². The predicted molar refractivity (Wildman–Crippen MR) is 417 cm³/mol. The molecule has 11 atom stereocenters. The molecule has 5 rings (SSSR count). The number of nitrogens with one attached hydrogen (secondary N) is 1. The van der Waals surface area contributed by atoms with Gasteiger partial charge >= 0.3 is 23.9 Å². The first-order chi connectivity index (χ1) is 54.1. The van der Waals surface area contributed by atoms with Crippen LogP contribution in [0.4, 0.5) is 0 Å². The number of carboxylic acid groups (broad SMARTS) is 4. The molecule has 0 saturated carbocycles. The Bertz CT molecular complexity index is 5090.